The molecule has 1 aromatic carbocycles. The molecule has 0 saturated heterocycles. The van der Waals surface area contributed by atoms with Crippen molar-refractivity contribution in [3.8, 4) is 0 Å². The van der Waals surface area contributed by atoms with Gasteiger partial charge >= 0.3 is 23.9 Å². The molecule has 1 rings (SSSR count). The van der Waals surface area contributed by atoms with Crippen LogP contribution in [0.1, 0.15) is 31.2 Å². The Hall–Kier alpha value is -3.16. The van der Waals surface area contributed by atoms with Crippen molar-refractivity contribution in [2.75, 3.05) is 0 Å². The van der Waals surface area contributed by atoms with Gasteiger partial charge in [-0.25, -0.2) is 0 Å². The third kappa shape index (κ3) is 2.83. The highest BCUT2D eigenvalue weighted by Crippen LogP contribution is 2.54. The van der Waals surface area contributed by atoms with E-state index in [-0.39, 0.29) is 12.0 Å². The van der Waals surface area contributed by atoms with Gasteiger partial charge in [0.15, 0.2) is 0 Å². The van der Waals surface area contributed by atoms with Crippen molar-refractivity contribution in [3.05, 3.63) is 48.6 Å². The summed E-state index contributed by atoms with van der Waals surface area (Å²) in [5.41, 5.74) is -6.05. The Labute approximate surface area is 149 Å². The third-order valence-electron chi connectivity index (χ3n) is 4.58. The number of benzene rings is 1. The second-order valence-electron chi connectivity index (χ2n) is 5.82. The molecule has 0 aliphatic rings. The van der Waals surface area contributed by atoms with Crippen molar-refractivity contribution in [2.45, 2.75) is 25.7 Å². The van der Waals surface area contributed by atoms with Crippen LogP contribution in [0.25, 0.3) is 0 Å². The predicted octanol–water partition coefficient (Wildman–Crippen LogP) is 2.07. The number of aliphatic carboxylic acids is 4. The molecule has 0 bridgehead atoms. The summed E-state index contributed by atoms with van der Waals surface area (Å²) < 4.78 is 0. The van der Waals surface area contributed by atoms with E-state index in [0.717, 1.165) is 6.08 Å². The number of hydrogen-bond acceptors (Lipinski definition) is 4. The van der Waals surface area contributed by atoms with Gasteiger partial charge in [-0.1, -0.05) is 49.8 Å². The minimum absolute atomic E-state index is 0.0407. The number of carboxylic acid groups (broad SMARTS) is 4. The van der Waals surface area contributed by atoms with Crippen molar-refractivity contribution in [2.24, 2.45) is 10.8 Å². The van der Waals surface area contributed by atoms with E-state index in [1.807, 2.05) is 0 Å². The molecule has 4 N–H and O–H groups in total. The summed E-state index contributed by atoms with van der Waals surface area (Å²) in [5.74, 6) is -9.96. The smallest absolute Gasteiger partial charge is 0.334 e. The molecule has 0 heterocycles. The van der Waals surface area contributed by atoms with Crippen LogP contribution in [0.4, 0.5) is 0 Å². The summed E-state index contributed by atoms with van der Waals surface area (Å²) >= 11 is 0. The second kappa shape index (κ2) is 7.81. The molecule has 2 unspecified atom stereocenters. The minimum Gasteiger partial charge on any atom is -0.481 e. The number of hydrogen-bond donors (Lipinski definition) is 4. The van der Waals surface area contributed by atoms with Crippen LogP contribution < -0.4 is 0 Å². The average molecular weight is 364 g/mol. The summed E-state index contributed by atoms with van der Waals surface area (Å²) in [6, 6.07) is 7.67. The zero-order valence-corrected chi connectivity index (χ0v) is 14.1. The molecule has 0 aromatic heterocycles. The zero-order chi connectivity index (χ0) is 20.1. The Morgan fingerprint density at radius 2 is 1.42 bits per heavy atom. The van der Waals surface area contributed by atoms with Crippen LogP contribution in [0, 0.1) is 10.8 Å². The number of carbonyl (C=O) groups is 4. The third-order valence-corrected chi connectivity index (χ3v) is 4.58. The maximum atomic E-state index is 12.3. The second-order valence-corrected chi connectivity index (χ2v) is 5.82. The summed E-state index contributed by atoms with van der Waals surface area (Å²) in [5, 5.41) is 38.8. The van der Waals surface area contributed by atoms with Gasteiger partial charge < -0.3 is 20.4 Å². The number of carboxylic acids is 4. The molecule has 0 aliphatic carbocycles. The Kier molecular flexibility index (Phi) is 6.28. The van der Waals surface area contributed by atoms with E-state index in [9.17, 15) is 39.6 Å². The topological polar surface area (TPSA) is 149 Å². The van der Waals surface area contributed by atoms with Crippen LogP contribution in [-0.4, -0.2) is 44.3 Å². The van der Waals surface area contributed by atoms with Crippen molar-refractivity contribution < 1.29 is 39.6 Å². The average Bonchev–Trinajstić information content (AvgIpc) is 2.55. The van der Waals surface area contributed by atoms with Crippen LogP contribution in [0.5, 0.6) is 0 Å². The van der Waals surface area contributed by atoms with Gasteiger partial charge in [0, 0.05) is 5.92 Å². The highest BCUT2D eigenvalue weighted by atomic mass is 16.4. The number of allylic oxidation sites excluding steroid dienone is 1. The quantitative estimate of drug-likeness (QED) is 0.364. The Balaban J connectivity index is 4.05. The minimum atomic E-state index is -3.61. The lowest BCUT2D eigenvalue weighted by molar-refractivity contribution is -0.197. The van der Waals surface area contributed by atoms with Crippen molar-refractivity contribution in [1.29, 1.82) is 0 Å². The van der Waals surface area contributed by atoms with Crippen LogP contribution in [0.3, 0.4) is 0 Å². The normalized spacial score (nSPS) is 14.7. The highest BCUT2D eigenvalue weighted by Gasteiger charge is 2.74. The molecule has 0 saturated carbocycles. The first kappa shape index (κ1) is 20.9. The fraction of sp³-hybridized carbons (Fsp3) is 0.333. The van der Waals surface area contributed by atoms with E-state index in [4.69, 9.17) is 0 Å². The Morgan fingerprint density at radius 1 is 0.962 bits per heavy atom. The number of rotatable bonds is 10. The van der Waals surface area contributed by atoms with Crippen molar-refractivity contribution >= 4 is 23.9 Å². The first-order valence-corrected chi connectivity index (χ1v) is 7.75. The van der Waals surface area contributed by atoms with E-state index in [1.165, 1.54) is 19.1 Å². The van der Waals surface area contributed by atoms with Gasteiger partial charge in [-0.15, -0.1) is 6.58 Å². The van der Waals surface area contributed by atoms with E-state index >= 15 is 0 Å². The fourth-order valence-electron chi connectivity index (χ4n) is 3.50. The van der Waals surface area contributed by atoms with Gasteiger partial charge in [-0.2, -0.15) is 0 Å². The molecule has 0 radical (unpaired) electrons. The fourth-order valence-corrected chi connectivity index (χ4v) is 3.50. The molecule has 0 spiro atoms. The lowest BCUT2D eigenvalue weighted by atomic mass is 9.53. The van der Waals surface area contributed by atoms with Gasteiger partial charge in [-0.3, -0.25) is 19.2 Å². The molecule has 2 atom stereocenters. The summed E-state index contributed by atoms with van der Waals surface area (Å²) in [6.45, 7) is 5.03. The van der Waals surface area contributed by atoms with E-state index < -0.39 is 47.0 Å². The highest BCUT2D eigenvalue weighted by molar-refractivity contribution is 6.20. The predicted molar refractivity (Wildman–Crippen MR) is 89.7 cm³/mol. The first-order valence-electron chi connectivity index (χ1n) is 7.75. The van der Waals surface area contributed by atoms with Crippen LogP contribution in [0.15, 0.2) is 43.0 Å². The van der Waals surface area contributed by atoms with Crippen molar-refractivity contribution in [1.82, 2.24) is 0 Å². The van der Waals surface area contributed by atoms with Crippen molar-refractivity contribution in [3.63, 3.8) is 0 Å². The molecule has 8 heteroatoms. The monoisotopic (exact) mass is 364 g/mol. The van der Waals surface area contributed by atoms with E-state index in [2.05, 4.69) is 6.58 Å². The zero-order valence-electron chi connectivity index (χ0n) is 14.1. The lowest BCUT2D eigenvalue weighted by Gasteiger charge is -2.43. The SMILES string of the molecule is C=CC(c1ccccc1)C(CCC)(C(=O)O)C(C(=O)O)(C(=O)O)C(=O)O. The van der Waals surface area contributed by atoms with Crippen LogP contribution in [-0.2, 0) is 19.2 Å². The summed E-state index contributed by atoms with van der Waals surface area (Å²) in [7, 11) is 0. The van der Waals surface area contributed by atoms with Gasteiger partial charge in [-0.05, 0) is 12.0 Å². The van der Waals surface area contributed by atoms with Gasteiger partial charge in [0.05, 0.1) is 0 Å². The molecule has 0 aliphatic heterocycles. The van der Waals surface area contributed by atoms with Crippen LogP contribution in [0.2, 0.25) is 0 Å². The molecular weight excluding hydrogens is 344 g/mol. The van der Waals surface area contributed by atoms with E-state index in [0.29, 0.717) is 0 Å². The maximum absolute atomic E-state index is 12.3. The molecule has 1 aromatic rings. The summed E-state index contributed by atoms with van der Waals surface area (Å²) in [4.78, 5) is 48.1. The standard InChI is InChI=1S/C18H20O8/c1-3-10-17(13(19)20,12(4-2)11-8-6-5-7-9-11)18(14(21)22,15(23)24)16(25)26/h4-9,12H,2-3,10H2,1H3,(H,19,20)(H,21,22)(H,23,24)(H,25,26). The molecule has 0 fully saturated rings. The maximum Gasteiger partial charge on any atom is 0.334 e. The van der Waals surface area contributed by atoms with Gasteiger partial charge in [0.25, 0.3) is 5.41 Å². The largest absolute Gasteiger partial charge is 0.481 e. The Bertz CT molecular complexity index is 688. The summed E-state index contributed by atoms with van der Waals surface area (Å²) in [6.07, 6.45) is 0.626. The molecule has 26 heavy (non-hydrogen) atoms. The van der Waals surface area contributed by atoms with E-state index in [1.54, 1.807) is 18.2 Å². The van der Waals surface area contributed by atoms with Gasteiger partial charge in [0.2, 0.25) is 0 Å². The van der Waals surface area contributed by atoms with Crippen LogP contribution >= 0.6 is 0 Å². The van der Waals surface area contributed by atoms with Gasteiger partial charge in [0.1, 0.15) is 5.41 Å². The molecular formula is C18H20O8. The molecule has 140 valence electrons. The molecule has 0 amide bonds. The Morgan fingerprint density at radius 3 is 1.73 bits per heavy atom. The first-order chi connectivity index (χ1) is 12.1. The molecule has 8 nitrogen and oxygen atoms in total. The lowest BCUT2D eigenvalue weighted by Crippen LogP contribution is -2.63.